The molecule has 0 radical (unpaired) electrons. The maximum absolute atomic E-state index is 13.1. The van der Waals surface area contributed by atoms with Gasteiger partial charge in [-0.3, -0.25) is 4.79 Å². The monoisotopic (exact) mass is 430 g/mol. The van der Waals surface area contributed by atoms with Gasteiger partial charge in [-0.1, -0.05) is 41.4 Å². The first-order valence-electron chi connectivity index (χ1n) is 9.13. The number of aromatic nitrogens is 1. The molecule has 1 aliphatic heterocycles. The molecular formula is C21H16Cl2N2O2S. The molecule has 1 aliphatic rings. The Labute approximate surface area is 175 Å². The fourth-order valence-corrected chi connectivity index (χ4v) is 5.66. The molecule has 0 saturated carbocycles. The number of likely N-dealkylation sites (tertiary alicyclic amines) is 1. The SMILES string of the molecule is O=C(c1sc2cccc(Cl)c2c1Cl)N1CCC(c2nc3ccccc3o2)CC1. The maximum atomic E-state index is 13.1. The summed E-state index contributed by atoms with van der Waals surface area (Å²) in [6, 6.07) is 13.4. The molecule has 0 bridgehead atoms. The minimum atomic E-state index is -0.0294. The fraction of sp³-hybridized carbons (Fsp3) is 0.238. The molecule has 2 aromatic carbocycles. The molecule has 1 amide bonds. The summed E-state index contributed by atoms with van der Waals surface area (Å²) in [7, 11) is 0. The van der Waals surface area contributed by atoms with Crippen molar-refractivity contribution in [3.8, 4) is 0 Å². The first kappa shape index (κ1) is 18.0. The lowest BCUT2D eigenvalue weighted by Gasteiger charge is -2.30. The van der Waals surface area contributed by atoms with Gasteiger partial charge >= 0.3 is 0 Å². The molecule has 1 fully saturated rings. The average Bonchev–Trinajstić information content (AvgIpc) is 3.30. The van der Waals surface area contributed by atoms with E-state index in [0.29, 0.717) is 28.0 Å². The molecule has 0 spiro atoms. The lowest BCUT2D eigenvalue weighted by atomic mass is 9.96. The Kier molecular flexibility index (Phi) is 4.54. The van der Waals surface area contributed by atoms with E-state index in [0.717, 1.165) is 39.9 Å². The van der Waals surface area contributed by atoms with Gasteiger partial charge in [-0.05, 0) is 37.1 Å². The summed E-state index contributed by atoms with van der Waals surface area (Å²) in [4.78, 5) is 20.1. The van der Waals surface area contributed by atoms with Crippen molar-refractivity contribution in [1.29, 1.82) is 0 Å². The van der Waals surface area contributed by atoms with Gasteiger partial charge in [0.1, 0.15) is 10.4 Å². The molecule has 0 unspecified atom stereocenters. The van der Waals surface area contributed by atoms with Gasteiger partial charge in [0.2, 0.25) is 0 Å². The van der Waals surface area contributed by atoms with Crippen molar-refractivity contribution in [3.63, 3.8) is 0 Å². The largest absolute Gasteiger partial charge is 0.440 e. The van der Waals surface area contributed by atoms with Crippen molar-refractivity contribution in [2.75, 3.05) is 13.1 Å². The third-order valence-electron chi connectivity index (χ3n) is 5.24. The number of thiophene rings is 1. The zero-order valence-electron chi connectivity index (χ0n) is 14.8. The lowest BCUT2D eigenvalue weighted by molar-refractivity contribution is 0.0712. The zero-order chi connectivity index (χ0) is 19.3. The van der Waals surface area contributed by atoms with E-state index in [1.807, 2.05) is 41.3 Å². The van der Waals surface area contributed by atoms with Gasteiger partial charge in [-0.25, -0.2) is 4.98 Å². The predicted octanol–water partition coefficient (Wildman–Crippen LogP) is 6.37. The Morgan fingerprint density at radius 1 is 1.11 bits per heavy atom. The third-order valence-corrected chi connectivity index (χ3v) is 7.19. The third kappa shape index (κ3) is 2.98. The highest BCUT2D eigenvalue weighted by molar-refractivity contribution is 7.21. The maximum Gasteiger partial charge on any atom is 0.265 e. The number of hydrogen-bond donors (Lipinski definition) is 0. The number of carbonyl (C=O) groups is 1. The fourth-order valence-electron chi connectivity index (χ4n) is 3.75. The van der Waals surface area contributed by atoms with E-state index >= 15 is 0 Å². The van der Waals surface area contributed by atoms with Crippen LogP contribution in [0.4, 0.5) is 0 Å². The minimum Gasteiger partial charge on any atom is -0.440 e. The molecule has 0 aliphatic carbocycles. The Bertz CT molecular complexity index is 1160. The summed E-state index contributed by atoms with van der Waals surface area (Å²) in [5.41, 5.74) is 1.69. The second-order valence-electron chi connectivity index (χ2n) is 6.94. The van der Waals surface area contributed by atoms with Crippen LogP contribution in [0.3, 0.4) is 0 Å². The van der Waals surface area contributed by atoms with Gasteiger partial charge in [-0.15, -0.1) is 11.3 Å². The minimum absolute atomic E-state index is 0.0294. The Hall–Kier alpha value is -2.08. The molecule has 28 heavy (non-hydrogen) atoms. The number of nitrogens with zero attached hydrogens (tertiary/aromatic N) is 2. The van der Waals surface area contributed by atoms with Crippen LogP contribution in [-0.2, 0) is 0 Å². The summed E-state index contributed by atoms with van der Waals surface area (Å²) < 4.78 is 6.84. The number of amides is 1. The van der Waals surface area contributed by atoms with Gasteiger partial charge in [0, 0.05) is 29.1 Å². The number of carbonyl (C=O) groups excluding carboxylic acids is 1. The molecule has 0 atom stereocenters. The zero-order valence-corrected chi connectivity index (χ0v) is 17.2. The van der Waals surface area contributed by atoms with E-state index in [1.165, 1.54) is 11.3 Å². The van der Waals surface area contributed by atoms with Crippen LogP contribution in [0.15, 0.2) is 46.9 Å². The normalized spacial score (nSPS) is 15.6. The van der Waals surface area contributed by atoms with Crippen LogP contribution in [-0.4, -0.2) is 28.9 Å². The van der Waals surface area contributed by atoms with Crippen LogP contribution >= 0.6 is 34.5 Å². The van der Waals surface area contributed by atoms with Gasteiger partial charge in [0.05, 0.1) is 10.0 Å². The van der Waals surface area contributed by atoms with E-state index in [4.69, 9.17) is 27.6 Å². The highest BCUT2D eigenvalue weighted by Crippen LogP contribution is 2.40. The van der Waals surface area contributed by atoms with Crippen LogP contribution in [0, 0.1) is 0 Å². The van der Waals surface area contributed by atoms with Crippen LogP contribution in [0.2, 0.25) is 10.0 Å². The molecule has 2 aromatic heterocycles. The number of halogens is 2. The van der Waals surface area contributed by atoms with Crippen molar-refractivity contribution < 1.29 is 9.21 Å². The highest BCUT2D eigenvalue weighted by atomic mass is 35.5. The van der Waals surface area contributed by atoms with Gasteiger partial charge in [0.25, 0.3) is 5.91 Å². The van der Waals surface area contributed by atoms with Crippen LogP contribution in [0.5, 0.6) is 0 Å². The van der Waals surface area contributed by atoms with E-state index in [1.54, 1.807) is 6.07 Å². The van der Waals surface area contributed by atoms with Crippen LogP contribution in [0.25, 0.3) is 21.2 Å². The van der Waals surface area contributed by atoms with Crippen molar-refractivity contribution in [2.24, 2.45) is 0 Å². The average molecular weight is 431 g/mol. The number of benzene rings is 2. The second kappa shape index (κ2) is 7.07. The molecule has 5 rings (SSSR count). The molecule has 7 heteroatoms. The quantitative estimate of drug-likeness (QED) is 0.371. The number of fused-ring (bicyclic) bond motifs is 2. The Morgan fingerprint density at radius 3 is 2.64 bits per heavy atom. The van der Waals surface area contributed by atoms with Gasteiger partial charge in [-0.2, -0.15) is 0 Å². The number of piperidine rings is 1. The van der Waals surface area contributed by atoms with E-state index < -0.39 is 0 Å². The van der Waals surface area contributed by atoms with Crippen molar-refractivity contribution >= 4 is 61.6 Å². The van der Waals surface area contributed by atoms with E-state index in [9.17, 15) is 4.79 Å². The summed E-state index contributed by atoms with van der Waals surface area (Å²) in [5, 5.41) is 1.80. The molecule has 0 N–H and O–H groups in total. The topological polar surface area (TPSA) is 46.3 Å². The number of oxazole rings is 1. The predicted molar refractivity (Wildman–Crippen MR) is 114 cm³/mol. The second-order valence-corrected chi connectivity index (χ2v) is 8.78. The van der Waals surface area contributed by atoms with E-state index in [2.05, 4.69) is 4.98 Å². The summed E-state index contributed by atoms with van der Waals surface area (Å²) in [6.07, 6.45) is 1.64. The molecule has 142 valence electrons. The van der Waals surface area contributed by atoms with Crippen LogP contribution < -0.4 is 0 Å². The van der Waals surface area contributed by atoms with Crippen molar-refractivity contribution in [1.82, 2.24) is 9.88 Å². The lowest BCUT2D eigenvalue weighted by Crippen LogP contribution is -2.37. The van der Waals surface area contributed by atoms with Crippen molar-refractivity contribution in [2.45, 2.75) is 18.8 Å². The molecule has 4 aromatic rings. The standard InChI is InChI=1S/C21H16Cl2N2O2S/c22-13-4-3-7-16-17(13)18(23)19(28-16)21(26)25-10-8-12(9-11-25)20-24-14-5-1-2-6-15(14)27-20/h1-7,12H,8-11H2. The highest BCUT2D eigenvalue weighted by Gasteiger charge is 2.30. The molecule has 1 saturated heterocycles. The Morgan fingerprint density at radius 2 is 1.89 bits per heavy atom. The molecule has 3 heterocycles. The first-order valence-corrected chi connectivity index (χ1v) is 10.7. The summed E-state index contributed by atoms with van der Waals surface area (Å²) in [6.45, 7) is 1.31. The number of hydrogen-bond acceptors (Lipinski definition) is 4. The van der Waals surface area contributed by atoms with Crippen LogP contribution in [0.1, 0.15) is 34.3 Å². The van der Waals surface area contributed by atoms with E-state index in [-0.39, 0.29) is 11.8 Å². The number of para-hydroxylation sites is 2. The van der Waals surface area contributed by atoms with Crippen molar-refractivity contribution in [3.05, 3.63) is 63.3 Å². The summed E-state index contributed by atoms with van der Waals surface area (Å²) >= 11 is 14.2. The number of rotatable bonds is 2. The molecule has 4 nitrogen and oxygen atoms in total. The molecular weight excluding hydrogens is 415 g/mol. The van der Waals surface area contributed by atoms with Gasteiger partial charge < -0.3 is 9.32 Å². The first-order chi connectivity index (χ1) is 13.6. The van der Waals surface area contributed by atoms with Gasteiger partial charge in [0.15, 0.2) is 11.5 Å². The Balaban J connectivity index is 1.34. The summed E-state index contributed by atoms with van der Waals surface area (Å²) in [5.74, 6) is 0.960. The smallest absolute Gasteiger partial charge is 0.265 e.